The molecule has 0 aromatic heterocycles. The third-order valence-corrected chi connectivity index (χ3v) is 4.79. The van der Waals surface area contributed by atoms with Crippen LogP contribution in [-0.4, -0.2) is 23.6 Å². The lowest BCUT2D eigenvalue weighted by atomic mass is 9.97. The Labute approximate surface area is 140 Å². The summed E-state index contributed by atoms with van der Waals surface area (Å²) in [7, 11) is 0. The lowest BCUT2D eigenvalue weighted by Gasteiger charge is -2.20. The molecule has 1 heterocycles. The third kappa shape index (κ3) is 2.36. The average molecular weight is 332 g/mol. The van der Waals surface area contributed by atoms with E-state index in [1.807, 2.05) is 0 Å². The van der Waals surface area contributed by atoms with Gasteiger partial charge in [-0.15, -0.1) is 0 Å². The van der Waals surface area contributed by atoms with Gasteiger partial charge >= 0.3 is 6.09 Å². The van der Waals surface area contributed by atoms with Crippen molar-refractivity contribution in [3.8, 4) is 0 Å². The molecule has 2 amide bonds. The van der Waals surface area contributed by atoms with Crippen molar-refractivity contribution in [2.24, 2.45) is 0 Å². The number of halogens is 1. The van der Waals surface area contributed by atoms with E-state index in [1.54, 1.807) is 31.7 Å². The molecule has 1 aromatic rings. The Hall–Kier alpha value is -2.11. The molecule has 5 nitrogen and oxygen atoms in total. The van der Waals surface area contributed by atoms with Crippen molar-refractivity contribution in [3.63, 3.8) is 0 Å². The molecule has 24 heavy (non-hydrogen) atoms. The van der Waals surface area contributed by atoms with Crippen molar-refractivity contribution in [2.75, 3.05) is 10.2 Å². The quantitative estimate of drug-likeness (QED) is 0.898. The van der Waals surface area contributed by atoms with Gasteiger partial charge in [-0.2, -0.15) is 0 Å². The minimum atomic E-state index is -0.699. The molecule has 128 valence electrons. The summed E-state index contributed by atoms with van der Waals surface area (Å²) in [5, 5.41) is 2.47. The Bertz CT molecular complexity index is 745. The maximum Gasteiger partial charge on any atom is 0.412 e. The van der Waals surface area contributed by atoms with Crippen LogP contribution in [0.3, 0.4) is 0 Å². The van der Waals surface area contributed by atoms with Crippen molar-refractivity contribution in [3.05, 3.63) is 23.5 Å². The number of carbonyl (C=O) groups excluding carboxylic acids is 2. The fraction of sp³-hybridized carbons (Fsp3) is 0.556. The zero-order valence-electron chi connectivity index (χ0n) is 14.1. The van der Waals surface area contributed by atoms with Crippen LogP contribution in [-0.2, 0) is 14.9 Å². The highest BCUT2D eigenvalue weighted by molar-refractivity contribution is 6.11. The maximum absolute atomic E-state index is 14.5. The van der Waals surface area contributed by atoms with E-state index in [0.717, 1.165) is 31.2 Å². The summed E-state index contributed by atoms with van der Waals surface area (Å²) in [6.45, 7) is 5.24. The molecule has 1 spiro atoms. The molecule has 4 rings (SSSR count). The molecule has 6 heteroatoms. The Morgan fingerprint density at radius 1 is 1.33 bits per heavy atom. The van der Waals surface area contributed by atoms with Crippen molar-refractivity contribution in [1.82, 2.24) is 0 Å². The summed E-state index contributed by atoms with van der Waals surface area (Å²) in [6.07, 6.45) is 2.83. The smallest absolute Gasteiger partial charge is 0.412 e. The van der Waals surface area contributed by atoms with Crippen LogP contribution in [0.5, 0.6) is 0 Å². The van der Waals surface area contributed by atoms with Crippen molar-refractivity contribution in [2.45, 2.75) is 63.5 Å². The number of anilines is 2. The Balaban J connectivity index is 1.67. The van der Waals surface area contributed by atoms with Gasteiger partial charge in [0.2, 0.25) is 5.91 Å². The monoisotopic (exact) mass is 332 g/mol. The lowest BCUT2D eigenvalue weighted by Crippen LogP contribution is -2.33. The van der Waals surface area contributed by atoms with Crippen LogP contribution in [0, 0.1) is 5.82 Å². The second-order valence-corrected chi connectivity index (χ2v) is 7.96. The molecule has 1 aliphatic heterocycles. The van der Waals surface area contributed by atoms with E-state index in [1.165, 1.54) is 6.07 Å². The lowest BCUT2D eigenvalue weighted by molar-refractivity contribution is -0.120. The van der Waals surface area contributed by atoms with E-state index >= 15 is 0 Å². The number of fused-ring (bicyclic) bond motifs is 2. The normalized spacial score (nSPS) is 21.0. The van der Waals surface area contributed by atoms with Crippen molar-refractivity contribution >= 4 is 23.4 Å². The zero-order valence-corrected chi connectivity index (χ0v) is 14.1. The molecule has 1 aromatic carbocycles. The third-order valence-electron chi connectivity index (χ3n) is 4.79. The van der Waals surface area contributed by atoms with Gasteiger partial charge in [0.1, 0.15) is 11.4 Å². The predicted molar refractivity (Wildman–Crippen MR) is 87.7 cm³/mol. The van der Waals surface area contributed by atoms with Crippen LogP contribution < -0.4 is 10.2 Å². The topological polar surface area (TPSA) is 58.6 Å². The molecule has 2 saturated carbocycles. The van der Waals surface area contributed by atoms with Crippen LogP contribution >= 0.6 is 0 Å². The van der Waals surface area contributed by atoms with E-state index < -0.39 is 22.9 Å². The fourth-order valence-electron chi connectivity index (χ4n) is 3.41. The van der Waals surface area contributed by atoms with Crippen LogP contribution in [0.1, 0.15) is 52.0 Å². The SMILES string of the molecule is CC(C)(C)OC(=O)Nc1cc2c(cc1F)N(C1CC1)C(=O)C21CC1. The predicted octanol–water partition coefficient (Wildman–Crippen LogP) is 3.71. The van der Waals surface area contributed by atoms with E-state index in [9.17, 15) is 14.0 Å². The summed E-state index contributed by atoms with van der Waals surface area (Å²) in [5.41, 5.74) is 0.433. The first-order valence-corrected chi connectivity index (χ1v) is 8.39. The number of ether oxygens (including phenoxy) is 1. The van der Waals surface area contributed by atoms with Gasteiger partial charge in [-0.1, -0.05) is 0 Å². The first-order chi connectivity index (χ1) is 11.2. The number of rotatable bonds is 2. The summed E-state index contributed by atoms with van der Waals surface area (Å²) < 4.78 is 19.7. The van der Waals surface area contributed by atoms with E-state index in [0.29, 0.717) is 5.69 Å². The highest BCUT2D eigenvalue weighted by Crippen LogP contribution is 2.59. The summed E-state index contributed by atoms with van der Waals surface area (Å²) in [4.78, 5) is 26.4. The Morgan fingerprint density at radius 2 is 2.00 bits per heavy atom. The summed E-state index contributed by atoms with van der Waals surface area (Å²) in [6, 6.07) is 3.20. The van der Waals surface area contributed by atoms with Gasteiger partial charge in [0.05, 0.1) is 16.8 Å². The minimum absolute atomic E-state index is 0.0692. The second-order valence-electron chi connectivity index (χ2n) is 7.96. The van der Waals surface area contributed by atoms with Crippen molar-refractivity contribution in [1.29, 1.82) is 0 Å². The van der Waals surface area contributed by atoms with Gasteiger partial charge in [0.25, 0.3) is 0 Å². The molecule has 1 N–H and O–H groups in total. The average Bonchev–Trinajstić information content (AvgIpc) is 3.31. The van der Waals surface area contributed by atoms with Gasteiger partial charge in [0.15, 0.2) is 0 Å². The molecule has 0 atom stereocenters. The van der Waals surface area contributed by atoms with Crippen LogP contribution in [0.2, 0.25) is 0 Å². The molecule has 2 fully saturated rings. The van der Waals surface area contributed by atoms with Gasteiger partial charge < -0.3 is 9.64 Å². The zero-order chi connectivity index (χ0) is 17.3. The number of amides is 2. The highest BCUT2D eigenvalue weighted by Gasteiger charge is 2.61. The van der Waals surface area contributed by atoms with E-state index in [2.05, 4.69) is 5.32 Å². The number of carbonyl (C=O) groups is 2. The number of hydrogen-bond acceptors (Lipinski definition) is 3. The van der Waals surface area contributed by atoms with Crippen LogP contribution in [0.25, 0.3) is 0 Å². The van der Waals surface area contributed by atoms with Gasteiger partial charge in [-0.25, -0.2) is 9.18 Å². The van der Waals surface area contributed by atoms with Gasteiger partial charge in [-0.3, -0.25) is 10.1 Å². The van der Waals surface area contributed by atoms with E-state index in [4.69, 9.17) is 4.74 Å². The molecule has 3 aliphatic rings. The standard InChI is InChI=1S/C18H21FN2O3/c1-17(2,3)24-16(23)20-13-8-11-14(9-12(13)19)21(10-4-5-10)15(22)18(11)6-7-18/h8-10H,4-7H2,1-3H3,(H,20,23). The molecule has 0 bridgehead atoms. The van der Waals surface area contributed by atoms with Crippen LogP contribution in [0.15, 0.2) is 12.1 Å². The Morgan fingerprint density at radius 3 is 2.54 bits per heavy atom. The first-order valence-electron chi connectivity index (χ1n) is 8.39. The largest absolute Gasteiger partial charge is 0.444 e. The summed E-state index contributed by atoms with van der Waals surface area (Å²) >= 11 is 0. The highest BCUT2D eigenvalue weighted by atomic mass is 19.1. The van der Waals surface area contributed by atoms with Crippen molar-refractivity contribution < 1.29 is 18.7 Å². The fourth-order valence-corrected chi connectivity index (χ4v) is 3.41. The van der Waals surface area contributed by atoms with Gasteiger partial charge in [-0.05, 0) is 58.1 Å². The molecule has 0 unspecified atom stereocenters. The first kappa shape index (κ1) is 15.4. The maximum atomic E-state index is 14.5. The second kappa shape index (κ2) is 4.71. The van der Waals surface area contributed by atoms with E-state index in [-0.39, 0.29) is 17.6 Å². The molecular weight excluding hydrogens is 311 g/mol. The minimum Gasteiger partial charge on any atom is -0.444 e. The number of nitrogens with one attached hydrogen (secondary N) is 1. The number of hydrogen-bond donors (Lipinski definition) is 1. The summed E-state index contributed by atoms with van der Waals surface area (Å²) in [5.74, 6) is -0.454. The van der Waals surface area contributed by atoms with Crippen LogP contribution in [0.4, 0.5) is 20.6 Å². The number of benzene rings is 1. The van der Waals surface area contributed by atoms with Gasteiger partial charge in [0, 0.05) is 12.1 Å². The molecule has 0 radical (unpaired) electrons. The molecular formula is C18H21FN2O3. The molecule has 0 saturated heterocycles. The Kier molecular flexibility index (Phi) is 3.03. The molecule has 2 aliphatic carbocycles. The number of nitrogens with zero attached hydrogens (tertiary/aromatic N) is 1.